The minimum Gasteiger partial charge on any atom is -0.746 e. The minimum atomic E-state index is -4.45. The van der Waals surface area contributed by atoms with Gasteiger partial charge < -0.3 is 9.66 Å². The molecular weight excluding hydrogens is 196 g/mol. The summed E-state index contributed by atoms with van der Waals surface area (Å²) in [5.74, 6) is 0. The number of hydrogen-bond donors (Lipinski definition) is 1. The second-order valence-electron chi connectivity index (χ2n) is 1.36. The molecule has 0 heterocycles. The van der Waals surface area contributed by atoms with Crippen molar-refractivity contribution in [3.8, 4) is 0 Å². The van der Waals surface area contributed by atoms with E-state index in [1.54, 1.807) is 0 Å². The molecule has 60 valence electrons. The van der Waals surface area contributed by atoms with Crippen molar-refractivity contribution < 1.29 is 35.1 Å². The number of aliphatic hydroxyl groups is 1. The summed E-state index contributed by atoms with van der Waals surface area (Å²) in [4.78, 5) is 0. The molecule has 0 aromatic rings. The third kappa shape index (κ3) is 4.87. The van der Waals surface area contributed by atoms with Crippen LogP contribution in [0, 0.1) is 0 Å². The van der Waals surface area contributed by atoms with Crippen LogP contribution in [0.4, 0.5) is 0 Å². The van der Waals surface area contributed by atoms with E-state index < -0.39 is 15.6 Å². The molecule has 0 aromatic carbocycles. The molecule has 0 saturated carbocycles. The standard InChI is InChI=1S/C3H8O4S.Cu/c1-2-3(4)8(5,6)7;/h3-4H,2H2,1H3,(H,5,6,7);/q;+1/p-1. The molecule has 0 radical (unpaired) electrons. The zero-order chi connectivity index (χ0) is 6.78. The molecule has 1 N–H and O–H groups in total. The molecule has 0 fully saturated rings. The van der Waals surface area contributed by atoms with E-state index in [1.165, 1.54) is 6.92 Å². The summed E-state index contributed by atoms with van der Waals surface area (Å²) in [6, 6.07) is 0. The molecule has 0 saturated heterocycles. The average molecular weight is 203 g/mol. The van der Waals surface area contributed by atoms with E-state index in [0.29, 0.717) is 0 Å². The Labute approximate surface area is 64.5 Å². The second kappa shape index (κ2) is 4.24. The van der Waals surface area contributed by atoms with Crippen LogP contribution in [0.5, 0.6) is 0 Å². The molecule has 1 unspecified atom stereocenters. The molecule has 0 aliphatic carbocycles. The van der Waals surface area contributed by atoms with Gasteiger partial charge in [-0.2, -0.15) is 0 Å². The van der Waals surface area contributed by atoms with Crippen molar-refractivity contribution in [2.75, 3.05) is 0 Å². The van der Waals surface area contributed by atoms with E-state index in [9.17, 15) is 13.0 Å². The number of rotatable bonds is 2. The Bertz CT molecular complexity index is 151. The van der Waals surface area contributed by atoms with Crippen LogP contribution >= 0.6 is 0 Å². The van der Waals surface area contributed by atoms with Gasteiger partial charge in [0.05, 0.1) is 0 Å². The predicted molar refractivity (Wildman–Crippen MR) is 26.0 cm³/mol. The van der Waals surface area contributed by atoms with E-state index >= 15 is 0 Å². The maximum atomic E-state index is 9.76. The Hall–Kier alpha value is 0.389. The first-order valence-electron chi connectivity index (χ1n) is 2.11. The molecule has 0 aliphatic heterocycles. The summed E-state index contributed by atoms with van der Waals surface area (Å²) in [5, 5.41) is 8.29. The molecule has 6 heteroatoms. The van der Waals surface area contributed by atoms with E-state index in [-0.39, 0.29) is 23.5 Å². The molecule has 0 rings (SSSR count). The largest absolute Gasteiger partial charge is 1.00 e. The summed E-state index contributed by atoms with van der Waals surface area (Å²) in [7, 11) is -4.45. The third-order valence-electron chi connectivity index (χ3n) is 0.682. The van der Waals surface area contributed by atoms with E-state index in [0.717, 1.165) is 0 Å². The van der Waals surface area contributed by atoms with Gasteiger partial charge in [-0.3, -0.25) is 0 Å². The number of aliphatic hydroxyl groups excluding tert-OH is 1. The summed E-state index contributed by atoms with van der Waals surface area (Å²) >= 11 is 0. The van der Waals surface area contributed by atoms with Gasteiger partial charge in [0, 0.05) is 0 Å². The van der Waals surface area contributed by atoms with Gasteiger partial charge in [-0.05, 0) is 6.42 Å². The van der Waals surface area contributed by atoms with Crippen LogP contribution in [0.15, 0.2) is 0 Å². The van der Waals surface area contributed by atoms with Gasteiger partial charge in [0.15, 0.2) is 0 Å². The van der Waals surface area contributed by atoms with Crippen LogP contribution in [0.2, 0.25) is 0 Å². The Morgan fingerprint density at radius 2 is 2.00 bits per heavy atom. The van der Waals surface area contributed by atoms with Gasteiger partial charge in [0.2, 0.25) is 0 Å². The Kier molecular flexibility index (Phi) is 5.71. The first-order chi connectivity index (χ1) is 3.48. The summed E-state index contributed by atoms with van der Waals surface area (Å²) in [5.41, 5.74) is -1.73. The topological polar surface area (TPSA) is 77.4 Å². The van der Waals surface area contributed by atoms with E-state index in [4.69, 9.17) is 5.11 Å². The molecule has 0 amide bonds. The van der Waals surface area contributed by atoms with Crippen molar-refractivity contribution in [2.24, 2.45) is 0 Å². The van der Waals surface area contributed by atoms with Crippen molar-refractivity contribution in [3.63, 3.8) is 0 Å². The molecular formula is C3H7CuO4S. The van der Waals surface area contributed by atoms with Crippen molar-refractivity contribution in [1.82, 2.24) is 0 Å². The van der Waals surface area contributed by atoms with Crippen molar-refractivity contribution in [3.05, 3.63) is 0 Å². The number of hydrogen-bond acceptors (Lipinski definition) is 4. The monoisotopic (exact) mass is 202 g/mol. The summed E-state index contributed by atoms with van der Waals surface area (Å²) in [6.07, 6.45) is -0.0498. The van der Waals surface area contributed by atoms with E-state index in [1.807, 2.05) is 0 Å². The second-order valence-corrected chi connectivity index (χ2v) is 2.89. The molecule has 9 heavy (non-hydrogen) atoms. The van der Waals surface area contributed by atoms with Gasteiger partial charge in [-0.25, -0.2) is 8.42 Å². The molecule has 4 nitrogen and oxygen atoms in total. The van der Waals surface area contributed by atoms with Crippen molar-refractivity contribution >= 4 is 10.1 Å². The van der Waals surface area contributed by atoms with Gasteiger partial charge >= 0.3 is 17.1 Å². The maximum Gasteiger partial charge on any atom is 1.00 e. The van der Waals surface area contributed by atoms with Gasteiger partial charge in [-0.15, -0.1) is 0 Å². The minimum absolute atomic E-state index is 0. The molecule has 0 aromatic heterocycles. The van der Waals surface area contributed by atoms with Gasteiger partial charge in [-0.1, -0.05) is 6.92 Å². The maximum absolute atomic E-state index is 9.76. The zero-order valence-electron chi connectivity index (χ0n) is 4.67. The van der Waals surface area contributed by atoms with Gasteiger partial charge in [0.25, 0.3) is 0 Å². The van der Waals surface area contributed by atoms with Crippen LogP contribution in [0.1, 0.15) is 13.3 Å². The van der Waals surface area contributed by atoms with Gasteiger partial charge in [0.1, 0.15) is 15.6 Å². The fourth-order valence-corrected chi connectivity index (χ4v) is 0.612. The first kappa shape index (κ1) is 12.1. The van der Waals surface area contributed by atoms with Crippen LogP contribution in [0.3, 0.4) is 0 Å². The Balaban J connectivity index is 0. The Morgan fingerprint density at radius 3 is 2.00 bits per heavy atom. The summed E-state index contributed by atoms with van der Waals surface area (Å²) < 4.78 is 29.3. The van der Waals surface area contributed by atoms with Crippen LogP contribution in [0.25, 0.3) is 0 Å². The quantitative estimate of drug-likeness (QED) is 0.473. The summed E-state index contributed by atoms with van der Waals surface area (Å²) in [6.45, 7) is 1.42. The van der Waals surface area contributed by atoms with Crippen molar-refractivity contribution in [1.29, 1.82) is 0 Å². The van der Waals surface area contributed by atoms with E-state index in [2.05, 4.69) is 0 Å². The smallest absolute Gasteiger partial charge is 0.746 e. The molecule has 0 bridgehead atoms. The third-order valence-corrected chi connectivity index (χ3v) is 1.68. The van der Waals surface area contributed by atoms with Crippen LogP contribution in [-0.2, 0) is 27.2 Å². The van der Waals surface area contributed by atoms with Crippen molar-refractivity contribution in [2.45, 2.75) is 18.8 Å². The fourth-order valence-electron chi connectivity index (χ4n) is 0.204. The van der Waals surface area contributed by atoms with Crippen LogP contribution < -0.4 is 0 Å². The molecule has 1 atom stereocenters. The SMILES string of the molecule is CCC(O)S(=O)(=O)[O-].[Cu+]. The first-order valence-corrected chi connectivity index (χ1v) is 3.58. The molecule has 0 aliphatic rings. The molecule has 0 spiro atoms. The van der Waals surface area contributed by atoms with Crippen LogP contribution in [-0.4, -0.2) is 23.5 Å². The Morgan fingerprint density at radius 1 is 1.67 bits per heavy atom. The fraction of sp³-hybridized carbons (Fsp3) is 1.00. The average Bonchev–Trinajstić information content (AvgIpc) is 1.62. The predicted octanol–water partition coefficient (Wildman–Crippen LogP) is -0.742. The zero-order valence-corrected chi connectivity index (χ0v) is 6.42. The normalized spacial score (nSPS) is 14.1.